The van der Waals surface area contributed by atoms with Crippen LogP contribution in [-0.4, -0.2) is 37.9 Å². The molecule has 0 aliphatic carbocycles. The second-order valence-corrected chi connectivity index (χ2v) is 7.99. The number of halogens is 1. The third-order valence-corrected chi connectivity index (χ3v) is 6.08. The lowest BCUT2D eigenvalue weighted by Gasteiger charge is -2.22. The summed E-state index contributed by atoms with van der Waals surface area (Å²) in [6, 6.07) is 1.69. The summed E-state index contributed by atoms with van der Waals surface area (Å²) in [5.74, 6) is 0.416. The Morgan fingerprint density at radius 2 is 2.12 bits per heavy atom. The maximum atomic E-state index is 15.3. The molecule has 2 aliphatic heterocycles. The van der Waals surface area contributed by atoms with Gasteiger partial charge in [0, 0.05) is 42.0 Å². The SMILES string of the molecule is Cc1c(-c2cc3nc(Nc4cnn5c4CCC5)ncc3c(N)c2F)cnc2c1NCCO2. The van der Waals surface area contributed by atoms with Crippen molar-refractivity contribution in [3.63, 3.8) is 0 Å². The maximum Gasteiger partial charge on any atom is 0.237 e. The average Bonchev–Trinajstić information content (AvgIpc) is 3.42. The Bertz CT molecular complexity index is 1380. The van der Waals surface area contributed by atoms with E-state index in [9.17, 15) is 0 Å². The summed E-state index contributed by atoms with van der Waals surface area (Å²) in [5.41, 5.74) is 11.3. The molecule has 2 aliphatic rings. The summed E-state index contributed by atoms with van der Waals surface area (Å²) in [7, 11) is 0. The smallest absolute Gasteiger partial charge is 0.237 e. The van der Waals surface area contributed by atoms with Gasteiger partial charge in [-0.1, -0.05) is 0 Å². The molecule has 0 fully saturated rings. The Morgan fingerprint density at radius 1 is 1.22 bits per heavy atom. The average molecular weight is 432 g/mol. The highest BCUT2D eigenvalue weighted by Gasteiger charge is 2.22. The number of hydrogen-bond donors (Lipinski definition) is 3. The number of fused-ring (bicyclic) bond motifs is 3. The molecule has 162 valence electrons. The monoisotopic (exact) mass is 432 g/mol. The third-order valence-electron chi connectivity index (χ3n) is 6.08. The highest BCUT2D eigenvalue weighted by atomic mass is 19.1. The van der Waals surface area contributed by atoms with Gasteiger partial charge in [-0.3, -0.25) is 4.68 Å². The van der Waals surface area contributed by atoms with Gasteiger partial charge in [0.25, 0.3) is 0 Å². The zero-order chi connectivity index (χ0) is 21.8. The number of benzene rings is 1. The van der Waals surface area contributed by atoms with Crippen molar-refractivity contribution in [1.29, 1.82) is 0 Å². The molecule has 6 rings (SSSR count). The summed E-state index contributed by atoms with van der Waals surface area (Å²) in [6.45, 7) is 4.04. The first-order valence-electron chi connectivity index (χ1n) is 10.5. The van der Waals surface area contributed by atoms with E-state index >= 15 is 4.39 Å². The van der Waals surface area contributed by atoms with Gasteiger partial charge in [-0.25, -0.2) is 19.3 Å². The molecule has 32 heavy (non-hydrogen) atoms. The van der Waals surface area contributed by atoms with Crippen LogP contribution in [0.5, 0.6) is 5.88 Å². The Hall–Kier alpha value is -3.95. The number of pyridine rings is 1. The van der Waals surface area contributed by atoms with Gasteiger partial charge in [0.15, 0.2) is 5.82 Å². The summed E-state index contributed by atoms with van der Waals surface area (Å²) >= 11 is 0. The van der Waals surface area contributed by atoms with Crippen LogP contribution in [0.25, 0.3) is 22.0 Å². The van der Waals surface area contributed by atoms with E-state index in [-0.39, 0.29) is 5.69 Å². The normalized spacial score (nSPS) is 14.6. The van der Waals surface area contributed by atoms with Crippen LogP contribution in [0.4, 0.5) is 27.4 Å². The second kappa shape index (κ2) is 7.04. The van der Waals surface area contributed by atoms with Crippen LogP contribution in [0.15, 0.2) is 24.7 Å². The van der Waals surface area contributed by atoms with Crippen molar-refractivity contribution >= 4 is 33.9 Å². The number of aryl methyl sites for hydroxylation is 1. The minimum Gasteiger partial charge on any atom is -0.474 e. The van der Waals surface area contributed by atoms with E-state index in [1.54, 1.807) is 24.7 Å². The van der Waals surface area contributed by atoms with Crippen molar-refractivity contribution in [1.82, 2.24) is 24.7 Å². The van der Waals surface area contributed by atoms with Crippen molar-refractivity contribution in [2.45, 2.75) is 26.3 Å². The van der Waals surface area contributed by atoms with Gasteiger partial charge >= 0.3 is 0 Å². The van der Waals surface area contributed by atoms with Gasteiger partial charge in [-0.05, 0) is 31.4 Å². The van der Waals surface area contributed by atoms with Crippen LogP contribution in [0, 0.1) is 12.7 Å². The summed E-state index contributed by atoms with van der Waals surface area (Å²) in [5, 5.41) is 11.4. The molecular formula is C22H21FN8O. The number of aromatic nitrogens is 5. The van der Waals surface area contributed by atoms with Gasteiger partial charge in [-0.15, -0.1) is 0 Å². The predicted molar refractivity (Wildman–Crippen MR) is 120 cm³/mol. The number of nitrogens with two attached hydrogens (primary N) is 1. The van der Waals surface area contributed by atoms with E-state index in [0.29, 0.717) is 47.0 Å². The highest BCUT2D eigenvalue weighted by molar-refractivity contribution is 5.96. The van der Waals surface area contributed by atoms with Gasteiger partial charge in [-0.2, -0.15) is 5.10 Å². The molecule has 4 aromatic rings. The van der Waals surface area contributed by atoms with Crippen molar-refractivity contribution in [3.8, 4) is 17.0 Å². The maximum absolute atomic E-state index is 15.3. The number of nitrogens with one attached hydrogen (secondary N) is 2. The van der Waals surface area contributed by atoms with Crippen LogP contribution >= 0.6 is 0 Å². The number of rotatable bonds is 3. The molecule has 0 bridgehead atoms. The summed E-state index contributed by atoms with van der Waals surface area (Å²) in [4.78, 5) is 13.3. The topological polar surface area (TPSA) is 116 Å². The first-order valence-corrected chi connectivity index (χ1v) is 10.5. The molecule has 0 spiro atoms. The van der Waals surface area contributed by atoms with Gasteiger partial charge in [0.1, 0.15) is 12.3 Å². The van der Waals surface area contributed by atoms with Crippen LogP contribution in [-0.2, 0) is 13.0 Å². The van der Waals surface area contributed by atoms with E-state index in [2.05, 4.69) is 30.7 Å². The van der Waals surface area contributed by atoms with Crippen molar-refractivity contribution in [2.24, 2.45) is 0 Å². The molecule has 0 amide bonds. The minimum absolute atomic E-state index is 0.0109. The van der Waals surface area contributed by atoms with E-state index in [0.717, 1.165) is 42.0 Å². The summed E-state index contributed by atoms with van der Waals surface area (Å²) in [6.07, 6.45) is 6.97. The van der Waals surface area contributed by atoms with E-state index < -0.39 is 5.82 Å². The lowest BCUT2D eigenvalue weighted by molar-refractivity contribution is 0.310. The zero-order valence-electron chi connectivity index (χ0n) is 17.4. The van der Waals surface area contributed by atoms with Crippen molar-refractivity contribution < 1.29 is 9.13 Å². The Kier molecular flexibility index (Phi) is 4.14. The van der Waals surface area contributed by atoms with Crippen LogP contribution in [0.3, 0.4) is 0 Å². The molecule has 3 aromatic heterocycles. The molecule has 9 nitrogen and oxygen atoms in total. The minimum atomic E-state index is -0.516. The first kappa shape index (κ1) is 18.8. The molecule has 4 N–H and O–H groups in total. The zero-order valence-corrected chi connectivity index (χ0v) is 17.4. The molecule has 0 unspecified atom stereocenters. The molecular weight excluding hydrogens is 411 g/mol. The molecule has 0 saturated heterocycles. The van der Waals surface area contributed by atoms with E-state index in [1.807, 2.05) is 11.6 Å². The largest absolute Gasteiger partial charge is 0.474 e. The number of hydrogen-bond acceptors (Lipinski definition) is 8. The fourth-order valence-corrected chi connectivity index (χ4v) is 4.41. The molecule has 0 radical (unpaired) electrons. The molecule has 0 atom stereocenters. The fraction of sp³-hybridized carbons (Fsp3) is 0.273. The quantitative estimate of drug-likeness (QED) is 0.422. The number of nitrogens with zero attached hydrogens (tertiary/aromatic N) is 5. The highest BCUT2D eigenvalue weighted by Crippen LogP contribution is 2.39. The summed E-state index contributed by atoms with van der Waals surface area (Å²) < 4.78 is 22.9. The molecule has 1 aromatic carbocycles. The predicted octanol–water partition coefficient (Wildman–Crippen LogP) is 3.41. The first-order chi connectivity index (χ1) is 15.6. The van der Waals surface area contributed by atoms with E-state index in [1.165, 1.54) is 0 Å². The van der Waals surface area contributed by atoms with Gasteiger partial charge < -0.3 is 21.1 Å². The van der Waals surface area contributed by atoms with Crippen LogP contribution in [0.1, 0.15) is 17.7 Å². The number of nitrogen functional groups attached to an aromatic ring is 1. The van der Waals surface area contributed by atoms with Crippen LogP contribution < -0.4 is 21.1 Å². The molecule has 10 heteroatoms. The third kappa shape index (κ3) is 2.83. The standard InChI is InChI=1S/C22H21FN8O/c1-11-13(8-26-21-20(11)25-4-6-32-21)12-7-15-14(19(24)18(12)23)9-27-22(29-15)30-16-10-28-31-5-2-3-17(16)31/h7-10,25H,2-6,24H2,1H3,(H,27,29,30). The Labute approximate surface area is 182 Å². The Balaban J connectivity index is 1.45. The molecule has 0 saturated carbocycles. The molecule has 5 heterocycles. The van der Waals surface area contributed by atoms with Crippen LogP contribution in [0.2, 0.25) is 0 Å². The van der Waals surface area contributed by atoms with Gasteiger partial charge in [0.05, 0.1) is 28.8 Å². The lowest BCUT2D eigenvalue weighted by atomic mass is 9.98. The second-order valence-electron chi connectivity index (χ2n) is 7.99. The van der Waals surface area contributed by atoms with Crippen molar-refractivity contribution in [3.05, 3.63) is 41.7 Å². The van der Waals surface area contributed by atoms with Gasteiger partial charge in [0.2, 0.25) is 11.8 Å². The number of anilines is 4. The fourth-order valence-electron chi connectivity index (χ4n) is 4.41. The lowest BCUT2D eigenvalue weighted by Crippen LogP contribution is -2.20. The Morgan fingerprint density at radius 3 is 3.03 bits per heavy atom. The number of ether oxygens (including phenoxy) is 1. The van der Waals surface area contributed by atoms with Crippen molar-refractivity contribution in [2.75, 3.05) is 29.5 Å². The van der Waals surface area contributed by atoms with E-state index in [4.69, 9.17) is 10.5 Å².